The van der Waals surface area contributed by atoms with Crippen molar-refractivity contribution in [2.24, 2.45) is 0 Å². The summed E-state index contributed by atoms with van der Waals surface area (Å²) >= 11 is 6.00. The van der Waals surface area contributed by atoms with Gasteiger partial charge in [0.05, 0.1) is 35.3 Å². The predicted molar refractivity (Wildman–Crippen MR) is 126 cm³/mol. The van der Waals surface area contributed by atoms with E-state index in [4.69, 9.17) is 16.3 Å². The molecule has 4 heterocycles. The second-order valence-corrected chi connectivity index (χ2v) is 8.51. The maximum Gasteiger partial charge on any atom is 0.271 e. The van der Waals surface area contributed by atoms with Gasteiger partial charge < -0.3 is 15.0 Å². The van der Waals surface area contributed by atoms with Crippen LogP contribution in [0.2, 0.25) is 5.02 Å². The van der Waals surface area contributed by atoms with Crippen LogP contribution in [0.4, 0.5) is 11.4 Å². The Morgan fingerprint density at radius 3 is 2.62 bits per heavy atom. The average molecular weight is 478 g/mol. The molecule has 172 valence electrons. The second-order valence-electron chi connectivity index (χ2n) is 8.08. The molecule has 0 aliphatic carbocycles. The quantitative estimate of drug-likeness (QED) is 0.618. The van der Waals surface area contributed by atoms with Crippen molar-refractivity contribution in [3.05, 3.63) is 65.6 Å². The minimum Gasteiger partial charge on any atom is -0.481 e. The number of hydrogen-bond acceptors (Lipinski definition) is 6. The van der Waals surface area contributed by atoms with Gasteiger partial charge in [-0.15, -0.1) is 0 Å². The van der Waals surface area contributed by atoms with Crippen LogP contribution in [-0.2, 0) is 9.59 Å². The SMILES string of the molecule is COc1ccc(-c2ccc3c(c2)N2C(=O)CCC2(C(=O)Nc2cncc(Cl)c2)N(C)C3=O)cn1. The molecule has 2 aliphatic heterocycles. The van der Waals surface area contributed by atoms with Gasteiger partial charge in [0.15, 0.2) is 0 Å². The molecule has 10 heteroatoms. The van der Waals surface area contributed by atoms with Crippen molar-refractivity contribution >= 4 is 40.7 Å². The minimum absolute atomic E-state index is 0.118. The number of pyridine rings is 2. The lowest BCUT2D eigenvalue weighted by Crippen LogP contribution is -2.68. The van der Waals surface area contributed by atoms with Crippen LogP contribution in [0.1, 0.15) is 23.2 Å². The molecule has 0 bridgehead atoms. The Balaban J connectivity index is 1.60. The Morgan fingerprint density at radius 1 is 1.12 bits per heavy atom. The number of hydrogen-bond donors (Lipinski definition) is 1. The Labute approximate surface area is 200 Å². The number of amides is 3. The molecule has 2 aliphatic rings. The van der Waals surface area contributed by atoms with Gasteiger partial charge >= 0.3 is 0 Å². The zero-order valence-electron chi connectivity index (χ0n) is 18.4. The smallest absolute Gasteiger partial charge is 0.271 e. The van der Waals surface area contributed by atoms with Crippen LogP contribution in [0, 0.1) is 0 Å². The minimum atomic E-state index is -1.51. The highest BCUT2D eigenvalue weighted by atomic mass is 35.5. The highest BCUT2D eigenvalue weighted by molar-refractivity contribution is 6.30. The third kappa shape index (κ3) is 3.28. The first-order valence-electron chi connectivity index (χ1n) is 10.5. The molecule has 1 aromatic carbocycles. The third-order valence-electron chi connectivity index (χ3n) is 6.24. The van der Waals surface area contributed by atoms with Gasteiger partial charge in [0.1, 0.15) is 0 Å². The van der Waals surface area contributed by atoms with Crippen LogP contribution in [0.15, 0.2) is 55.0 Å². The largest absolute Gasteiger partial charge is 0.481 e. The number of aromatic nitrogens is 2. The summed E-state index contributed by atoms with van der Waals surface area (Å²) in [4.78, 5) is 51.1. The van der Waals surface area contributed by atoms with Crippen molar-refractivity contribution in [3.8, 4) is 17.0 Å². The summed E-state index contributed by atoms with van der Waals surface area (Å²) < 4.78 is 5.12. The lowest BCUT2D eigenvalue weighted by atomic mass is 9.94. The Hall–Kier alpha value is -3.98. The lowest BCUT2D eigenvalue weighted by molar-refractivity contribution is -0.128. The van der Waals surface area contributed by atoms with E-state index in [-0.39, 0.29) is 24.7 Å². The van der Waals surface area contributed by atoms with Crippen LogP contribution in [-0.4, -0.2) is 52.4 Å². The van der Waals surface area contributed by atoms with Gasteiger partial charge in [-0.05, 0) is 29.8 Å². The van der Waals surface area contributed by atoms with Gasteiger partial charge in [0, 0.05) is 43.9 Å². The van der Waals surface area contributed by atoms with Crippen LogP contribution < -0.4 is 15.0 Å². The normalized spacial score (nSPS) is 19.0. The summed E-state index contributed by atoms with van der Waals surface area (Å²) in [6.45, 7) is 0. The van der Waals surface area contributed by atoms with Crippen molar-refractivity contribution in [1.29, 1.82) is 0 Å². The topological polar surface area (TPSA) is 105 Å². The Morgan fingerprint density at radius 2 is 1.91 bits per heavy atom. The molecule has 2 aromatic heterocycles. The van der Waals surface area contributed by atoms with E-state index in [9.17, 15) is 14.4 Å². The van der Waals surface area contributed by atoms with Gasteiger partial charge in [0.2, 0.25) is 17.5 Å². The van der Waals surface area contributed by atoms with Gasteiger partial charge in [-0.25, -0.2) is 4.98 Å². The van der Waals surface area contributed by atoms with Crippen molar-refractivity contribution in [3.63, 3.8) is 0 Å². The van der Waals surface area contributed by atoms with Crippen molar-refractivity contribution in [1.82, 2.24) is 14.9 Å². The van der Waals surface area contributed by atoms with Crippen LogP contribution in [0.25, 0.3) is 11.1 Å². The number of rotatable bonds is 4. The van der Waals surface area contributed by atoms with Crippen LogP contribution in [0.5, 0.6) is 5.88 Å². The molecule has 3 aromatic rings. The number of carbonyl (C=O) groups excluding carboxylic acids is 3. The molecule has 0 spiro atoms. The van der Waals surface area contributed by atoms with Gasteiger partial charge in [0.25, 0.3) is 11.8 Å². The first-order chi connectivity index (χ1) is 16.3. The van der Waals surface area contributed by atoms with E-state index in [2.05, 4.69) is 15.3 Å². The number of likely N-dealkylation sites (N-methyl/N-ethyl adjacent to an activating group) is 1. The summed E-state index contributed by atoms with van der Waals surface area (Å²) in [5.41, 5.74) is 1.12. The number of carbonyl (C=O) groups is 3. The van der Waals surface area contributed by atoms with E-state index in [1.165, 1.54) is 36.4 Å². The van der Waals surface area contributed by atoms with Crippen molar-refractivity contribution < 1.29 is 19.1 Å². The van der Waals surface area contributed by atoms with E-state index in [0.29, 0.717) is 27.8 Å². The van der Waals surface area contributed by atoms with Crippen LogP contribution in [0.3, 0.4) is 0 Å². The number of ether oxygens (including phenoxy) is 1. The molecule has 1 N–H and O–H groups in total. The highest BCUT2D eigenvalue weighted by Crippen LogP contribution is 2.45. The first kappa shape index (κ1) is 21.8. The fourth-order valence-corrected chi connectivity index (χ4v) is 4.71. The second kappa shape index (κ2) is 8.11. The van der Waals surface area contributed by atoms with E-state index in [1.807, 2.05) is 6.07 Å². The number of nitrogens with one attached hydrogen (secondary N) is 1. The van der Waals surface area contributed by atoms with E-state index in [1.54, 1.807) is 36.5 Å². The first-order valence-corrected chi connectivity index (χ1v) is 10.9. The average Bonchev–Trinajstić information content (AvgIpc) is 3.21. The molecular formula is C24H20ClN5O4. The van der Waals surface area contributed by atoms with Gasteiger partial charge in [-0.3, -0.25) is 24.3 Å². The molecule has 1 unspecified atom stereocenters. The van der Waals surface area contributed by atoms with Crippen molar-refractivity contribution in [2.75, 3.05) is 24.4 Å². The Kier molecular flexibility index (Phi) is 5.21. The highest BCUT2D eigenvalue weighted by Gasteiger charge is 2.59. The molecule has 3 amide bonds. The zero-order chi connectivity index (χ0) is 24.0. The summed E-state index contributed by atoms with van der Waals surface area (Å²) in [5, 5.41) is 3.13. The lowest BCUT2D eigenvalue weighted by Gasteiger charge is -2.47. The number of halogens is 1. The predicted octanol–water partition coefficient (Wildman–Crippen LogP) is 3.35. The molecule has 1 saturated heterocycles. The van der Waals surface area contributed by atoms with Crippen molar-refractivity contribution in [2.45, 2.75) is 18.5 Å². The molecule has 1 fully saturated rings. The van der Waals surface area contributed by atoms with Gasteiger partial charge in [-0.2, -0.15) is 0 Å². The molecule has 34 heavy (non-hydrogen) atoms. The number of fused-ring (bicyclic) bond motifs is 3. The van der Waals surface area contributed by atoms with E-state index in [0.717, 1.165) is 11.1 Å². The molecule has 5 rings (SSSR count). The molecule has 9 nitrogen and oxygen atoms in total. The maximum atomic E-state index is 13.6. The van der Waals surface area contributed by atoms with E-state index < -0.39 is 11.6 Å². The molecule has 0 saturated carbocycles. The molecule has 0 radical (unpaired) electrons. The molecule has 1 atom stereocenters. The summed E-state index contributed by atoms with van der Waals surface area (Å²) in [5.74, 6) is -0.635. The van der Waals surface area contributed by atoms with Gasteiger partial charge in [-0.1, -0.05) is 17.7 Å². The summed E-state index contributed by atoms with van der Waals surface area (Å²) in [7, 11) is 3.07. The number of anilines is 2. The number of nitrogens with zero attached hydrogens (tertiary/aromatic N) is 4. The number of benzene rings is 1. The maximum absolute atomic E-state index is 13.6. The van der Waals surface area contributed by atoms with E-state index >= 15 is 0 Å². The summed E-state index contributed by atoms with van der Waals surface area (Å²) in [6.07, 6.45) is 4.82. The third-order valence-corrected chi connectivity index (χ3v) is 6.45. The fourth-order valence-electron chi connectivity index (χ4n) is 4.54. The zero-order valence-corrected chi connectivity index (χ0v) is 19.2. The number of methoxy groups -OCH3 is 1. The standard InChI is InChI=1S/C24H20ClN5O4/c1-29-22(32)18-5-3-14(15-4-6-20(34-2)27-11-15)9-19(18)30-21(31)7-8-24(29,30)23(33)28-17-10-16(25)12-26-13-17/h3-6,9-13H,7-8H2,1-2H3,(H,28,33). The fraction of sp³-hybridized carbons (Fsp3) is 0.208. The summed E-state index contributed by atoms with van der Waals surface area (Å²) in [6, 6.07) is 10.3. The van der Waals surface area contributed by atoms with Crippen LogP contribution >= 0.6 is 11.6 Å². The monoisotopic (exact) mass is 477 g/mol. The Bertz CT molecular complexity index is 1330. The molecular weight excluding hydrogens is 458 g/mol.